The fourth-order valence-corrected chi connectivity index (χ4v) is 4.90. The monoisotopic (exact) mass is 584 g/mol. The van der Waals surface area contributed by atoms with Crippen LogP contribution in [0.4, 0.5) is 16.2 Å². The fourth-order valence-electron chi connectivity index (χ4n) is 4.90. The summed E-state index contributed by atoms with van der Waals surface area (Å²) >= 11 is 0. The highest BCUT2D eigenvalue weighted by Crippen LogP contribution is 2.29. The second-order valence-electron chi connectivity index (χ2n) is 11.4. The van der Waals surface area contributed by atoms with E-state index in [0.29, 0.717) is 42.4 Å². The van der Waals surface area contributed by atoms with Crippen molar-refractivity contribution in [3.63, 3.8) is 0 Å². The van der Waals surface area contributed by atoms with Gasteiger partial charge in [0.15, 0.2) is 0 Å². The van der Waals surface area contributed by atoms with Crippen LogP contribution in [0.25, 0.3) is 0 Å². The van der Waals surface area contributed by atoms with Gasteiger partial charge in [0, 0.05) is 58.1 Å². The van der Waals surface area contributed by atoms with Gasteiger partial charge in [0.2, 0.25) is 0 Å². The molecule has 0 aliphatic carbocycles. The van der Waals surface area contributed by atoms with E-state index in [2.05, 4.69) is 5.32 Å². The Bertz CT molecular complexity index is 1160. The zero-order chi connectivity index (χ0) is 30.8. The van der Waals surface area contributed by atoms with Crippen molar-refractivity contribution < 1.29 is 28.9 Å². The van der Waals surface area contributed by atoms with Crippen LogP contribution in [0.2, 0.25) is 0 Å². The number of aliphatic hydroxyl groups is 1. The van der Waals surface area contributed by atoms with Crippen molar-refractivity contribution in [1.29, 1.82) is 0 Å². The molecule has 0 fully saturated rings. The van der Waals surface area contributed by atoms with Gasteiger partial charge in [0.1, 0.15) is 11.5 Å². The van der Waals surface area contributed by atoms with E-state index in [1.807, 2.05) is 58.0 Å². The van der Waals surface area contributed by atoms with Crippen LogP contribution in [0.1, 0.15) is 50.4 Å². The molecule has 1 heterocycles. The smallest absolute Gasteiger partial charge is 0.321 e. The number of urea groups is 1. The van der Waals surface area contributed by atoms with Crippen LogP contribution >= 0.6 is 0 Å². The minimum atomic E-state index is -0.433. The number of nitrogens with one attached hydrogen (secondary N) is 1. The molecule has 0 aromatic heterocycles. The summed E-state index contributed by atoms with van der Waals surface area (Å²) in [5.41, 5.74) is 2.01. The predicted molar refractivity (Wildman–Crippen MR) is 166 cm³/mol. The van der Waals surface area contributed by atoms with Crippen LogP contribution in [0.3, 0.4) is 0 Å². The number of nitrogens with zero attached hydrogens (tertiary/aromatic N) is 3. The van der Waals surface area contributed by atoms with E-state index in [0.717, 1.165) is 24.9 Å². The maximum absolute atomic E-state index is 14.1. The molecule has 1 aliphatic heterocycles. The molecule has 0 spiro atoms. The topological polar surface area (TPSA) is 104 Å². The van der Waals surface area contributed by atoms with Gasteiger partial charge < -0.3 is 39.3 Å². The molecule has 10 heteroatoms. The van der Waals surface area contributed by atoms with Gasteiger partial charge in [-0.3, -0.25) is 4.79 Å². The molecule has 3 amide bonds. The molecule has 10 nitrogen and oxygen atoms in total. The number of rotatable bonds is 7. The number of aliphatic hydroxyl groups excluding tert-OH is 1. The maximum atomic E-state index is 14.1. The molecule has 42 heavy (non-hydrogen) atoms. The highest BCUT2D eigenvalue weighted by atomic mass is 16.5. The van der Waals surface area contributed by atoms with Gasteiger partial charge in [-0.1, -0.05) is 6.92 Å². The Morgan fingerprint density at radius 3 is 2.50 bits per heavy atom. The third kappa shape index (κ3) is 9.00. The van der Waals surface area contributed by atoms with Crippen LogP contribution in [-0.4, -0.2) is 99.7 Å². The second-order valence-corrected chi connectivity index (χ2v) is 11.4. The number of carbonyl (C=O) groups is 2. The Labute approximate surface area is 250 Å². The molecule has 2 aromatic rings. The van der Waals surface area contributed by atoms with Gasteiger partial charge in [-0.05, 0) is 75.6 Å². The molecule has 0 saturated heterocycles. The molecule has 0 radical (unpaired) electrons. The third-order valence-corrected chi connectivity index (χ3v) is 7.69. The lowest BCUT2D eigenvalue weighted by Gasteiger charge is -2.36. The van der Waals surface area contributed by atoms with Crippen molar-refractivity contribution in [3.05, 3.63) is 48.0 Å². The Balaban J connectivity index is 1.86. The van der Waals surface area contributed by atoms with E-state index >= 15 is 0 Å². The Morgan fingerprint density at radius 1 is 1.14 bits per heavy atom. The lowest BCUT2D eigenvalue weighted by Crippen LogP contribution is -2.48. The summed E-state index contributed by atoms with van der Waals surface area (Å²) in [5.74, 6) is 0.903. The molecular weight excluding hydrogens is 536 g/mol. The second kappa shape index (κ2) is 15.7. The summed E-state index contributed by atoms with van der Waals surface area (Å²) < 4.78 is 17.8. The first kappa shape index (κ1) is 33.0. The van der Waals surface area contributed by atoms with Crippen LogP contribution in [0.5, 0.6) is 11.5 Å². The standard InChI is InChI=1S/C32H48N4O6/c1-22-19-36(23(2)21-37)31(38)28-18-26(34(4)5)13-16-29(28)42-24(3)10-8-9-17-41-30(22)20-35(6)32(39)33-25-11-14-27(40-7)15-12-25/h11-16,18,22-24,30,37H,8-10,17,19-21H2,1-7H3,(H,33,39)/t22-,23-,24+,30-/m1/s1. The van der Waals surface area contributed by atoms with E-state index < -0.39 is 6.04 Å². The quantitative estimate of drug-likeness (QED) is 0.485. The van der Waals surface area contributed by atoms with Crippen molar-refractivity contribution in [2.45, 2.75) is 58.3 Å². The Hall–Kier alpha value is -3.50. The highest BCUT2D eigenvalue weighted by molar-refractivity contribution is 5.98. The van der Waals surface area contributed by atoms with Crippen LogP contribution in [0.15, 0.2) is 42.5 Å². The molecule has 0 bridgehead atoms. The normalized spacial score (nSPS) is 20.9. The first-order valence-electron chi connectivity index (χ1n) is 14.7. The number of hydrogen-bond donors (Lipinski definition) is 2. The van der Waals surface area contributed by atoms with E-state index in [4.69, 9.17) is 14.2 Å². The molecule has 0 unspecified atom stereocenters. The fraction of sp³-hybridized carbons (Fsp3) is 0.562. The van der Waals surface area contributed by atoms with E-state index in [9.17, 15) is 14.7 Å². The summed E-state index contributed by atoms with van der Waals surface area (Å²) in [7, 11) is 7.19. The Kier molecular flexibility index (Phi) is 12.3. The molecule has 2 N–H and O–H groups in total. The van der Waals surface area contributed by atoms with Gasteiger partial charge in [-0.25, -0.2) is 4.79 Å². The van der Waals surface area contributed by atoms with Crippen molar-refractivity contribution in [3.8, 4) is 11.5 Å². The van der Waals surface area contributed by atoms with Crippen LogP contribution in [0, 0.1) is 5.92 Å². The van der Waals surface area contributed by atoms with Gasteiger partial charge in [0.05, 0.1) is 37.5 Å². The summed E-state index contributed by atoms with van der Waals surface area (Å²) in [6.45, 7) is 6.87. The molecular formula is C32H48N4O6. The third-order valence-electron chi connectivity index (χ3n) is 7.69. The minimum Gasteiger partial charge on any atom is -0.497 e. The highest BCUT2D eigenvalue weighted by Gasteiger charge is 2.31. The molecule has 232 valence electrons. The summed E-state index contributed by atoms with van der Waals surface area (Å²) in [4.78, 5) is 32.4. The number of amides is 3. The first-order valence-corrected chi connectivity index (χ1v) is 14.7. The lowest BCUT2D eigenvalue weighted by molar-refractivity contribution is -0.0115. The number of methoxy groups -OCH3 is 1. The van der Waals surface area contributed by atoms with Crippen molar-refractivity contribution in [2.24, 2.45) is 5.92 Å². The molecule has 0 saturated carbocycles. The van der Waals surface area contributed by atoms with Crippen LogP contribution in [-0.2, 0) is 4.74 Å². The van der Waals surface area contributed by atoms with Crippen LogP contribution < -0.4 is 19.7 Å². The van der Waals surface area contributed by atoms with Crippen molar-refractivity contribution in [1.82, 2.24) is 9.80 Å². The minimum absolute atomic E-state index is 0.0871. The Morgan fingerprint density at radius 2 is 1.86 bits per heavy atom. The number of carbonyl (C=O) groups excluding carboxylic acids is 2. The average molecular weight is 585 g/mol. The molecule has 3 rings (SSSR count). The van der Waals surface area contributed by atoms with E-state index in [1.54, 1.807) is 48.2 Å². The number of fused-ring (bicyclic) bond motifs is 1. The summed E-state index contributed by atoms with van der Waals surface area (Å²) in [5, 5.41) is 13.0. The van der Waals surface area contributed by atoms with Gasteiger partial charge in [-0.15, -0.1) is 0 Å². The predicted octanol–water partition coefficient (Wildman–Crippen LogP) is 4.72. The largest absolute Gasteiger partial charge is 0.497 e. The summed E-state index contributed by atoms with van der Waals surface area (Å²) in [6.07, 6.45) is 2.15. The lowest BCUT2D eigenvalue weighted by atomic mass is 10.0. The number of anilines is 2. The van der Waals surface area contributed by atoms with Crippen molar-refractivity contribution in [2.75, 3.05) is 64.8 Å². The zero-order valence-electron chi connectivity index (χ0n) is 26.1. The number of ether oxygens (including phenoxy) is 3. The zero-order valence-corrected chi connectivity index (χ0v) is 26.1. The summed E-state index contributed by atoms with van der Waals surface area (Å²) in [6, 6.07) is 12.1. The number of hydrogen-bond acceptors (Lipinski definition) is 7. The van der Waals surface area contributed by atoms with Gasteiger partial charge in [-0.2, -0.15) is 0 Å². The SMILES string of the molecule is COc1ccc(NC(=O)N(C)C[C@H]2OCCCC[C@H](C)Oc3ccc(N(C)C)cc3C(=O)N([C@H](C)CO)C[C@H]2C)cc1. The molecule has 4 atom stereocenters. The van der Waals surface area contributed by atoms with Crippen molar-refractivity contribution >= 4 is 23.3 Å². The van der Waals surface area contributed by atoms with Gasteiger partial charge >= 0.3 is 6.03 Å². The first-order chi connectivity index (χ1) is 20.0. The molecule has 2 aromatic carbocycles. The van der Waals surface area contributed by atoms with E-state index in [-0.39, 0.29) is 36.7 Å². The number of likely N-dealkylation sites (N-methyl/N-ethyl adjacent to an activating group) is 1. The van der Waals surface area contributed by atoms with Gasteiger partial charge in [0.25, 0.3) is 5.91 Å². The molecule has 1 aliphatic rings. The number of benzene rings is 2. The van der Waals surface area contributed by atoms with E-state index in [1.165, 1.54) is 0 Å². The average Bonchev–Trinajstić information content (AvgIpc) is 2.98. The maximum Gasteiger partial charge on any atom is 0.321 e.